The second-order valence-corrected chi connectivity index (χ2v) is 9.96. The van der Waals surface area contributed by atoms with Gasteiger partial charge in [0.15, 0.2) is 11.3 Å². The van der Waals surface area contributed by atoms with Crippen molar-refractivity contribution >= 4 is 52.2 Å². The topological polar surface area (TPSA) is 108 Å². The molecule has 38 heavy (non-hydrogen) atoms. The van der Waals surface area contributed by atoms with Crippen molar-refractivity contribution in [3.63, 3.8) is 0 Å². The van der Waals surface area contributed by atoms with Crippen molar-refractivity contribution in [1.29, 1.82) is 0 Å². The predicted molar refractivity (Wildman–Crippen MR) is 145 cm³/mol. The minimum absolute atomic E-state index is 0.178. The monoisotopic (exact) mass is 582 g/mol. The molecule has 1 aromatic heterocycles. The fourth-order valence-electron chi connectivity index (χ4n) is 4.36. The van der Waals surface area contributed by atoms with Crippen LogP contribution in [0.25, 0.3) is 5.69 Å². The van der Waals surface area contributed by atoms with E-state index in [1.165, 1.54) is 39.5 Å². The number of methoxy groups -OCH3 is 3. The number of halogens is 2. The van der Waals surface area contributed by atoms with Gasteiger partial charge in [-0.05, 0) is 62.5 Å². The summed E-state index contributed by atoms with van der Waals surface area (Å²) < 4.78 is 22.5. The van der Waals surface area contributed by atoms with E-state index in [2.05, 4.69) is 0 Å². The fourth-order valence-corrected chi connectivity index (χ4v) is 5.36. The van der Waals surface area contributed by atoms with Crippen LogP contribution in [0.3, 0.4) is 0 Å². The molecule has 4 rings (SSSR count). The van der Waals surface area contributed by atoms with Crippen molar-refractivity contribution in [2.24, 2.45) is 0 Å². The van der Waals surface area contributed by atoms with Crippen molar-refractivity contribution in [2.75, 3.05) is 32.8 Å². The molecule has 1 saturated heterocycles. The molecule has 0 N–H and O–H groups in total. The van der Waals surface area contributed by atoms with Gasteiger partial charge in [-0.3, -0.25) is 9.69 Å². The van der Waals surface area contributed by atoms with Crippen LogP contribution in [0.4, 0.5) is 5.69 Å². The Morgan fingerprint density at radius 3 is 2.08 bits per heavy atom. The summed E-state index contributed by atoms with van der Waals surface area (Å²) in [5, 5.41) is 0.668. The molecule has 0 radical (unpaired) electrons. The Kier molecular flexibility index (Phi) is 7.51. The largest absolute Gasteiger partial charge is 0.495 e. The van der Waals surface area contributed by atoms with Crippen molar-refractivity contribution in [3.05, 3.63) is 67.5 Å². The van der Waals surface area contributed by atoms with Gasteiger partial charge in [-0.1, -0.05) is 23.2 Å². The molecule has 11 nitrogen and oxygen atoms in total. The maximum atomic E-state index is 13.7. The molecule has 3 aromatic rings. The fraction of sp³-hybridized carbons (Fsp3) is 0.333. The van der Waals surface area contributed by atoms with Gasteiger partial charge in [0.1, 0.15) is 18.0 Å². The number of nitrogens with zero attached hydrogens (tertiary/aromatic N) is 4. The summed E-state index contributed by atoms with van der Waals surface area (Å²) in [4.78, 5) is 42.1. The molecular formula is C24H24Cl2N4O7S. The maximum Gasteiger partial charge on any atom is 0.447 e. The molecule has 2 heterocycles. The number of esters is 1. The van der Waals surface area contributed by atoms with Crippen LogP contribution in [0.2, 0.25) is 10.0 Å². The number of anilines is 1. The number of aromatic nitrogens is 2. The lowest BCUT2D eigenvalue weighted by Crippen LogP contribution is -2.48. The van der Waals surface area contributed by atoms with Gasteiger partial charge in [0.25, 0.3) is 0 Å². The highest BCUT2D eigenvalue weighted by atomic mass is 35.5. The molecule has 0 unspecified atom stereocenters. The lowest BCUT2D eigenvalue weighted by molar-refractivity contribution is -0.142. The standard InChI is InChI=1S/C24H24Cl2N4O7S/c1-24(2)20(30-21(32)29(23(33)37-30)14-7-9-18(35-4)16(26)11-14)28(22(38)27(24)12-19(31)36-5)13-6-8-17(34-3)15(25)10-13/h6-11,20H,12H2,1-5H3/t20-/m0/s1. The molecule has 0 aliphatic carbocycles. The highest BCUT2D eigenvalue weighted by molar-refractivity contribution is 7.80. The van der Waals surface area contributed by atoms with E-state index in [0.29, 0.717) is 17.2 Å². The SMILES string of the molecule is COC(=O)CN1C(=S)N(c2ccc(OC)c(Cl)c2)[C@@H](n2oc(=O)n(-c3ccc(OC)c(Cl)c3)c2=O)C1(C)C. The highest BCUT2D eigenvalue weighted by Gasteiger charge is 2.53. The van der Waals surface area contributed by atoms with Crippen LogP contribution in [-0.4, -0.2) is 58.7 Å². The summed E-state index contributed by atoms with van der Waals surface area (Å²) in [6.07, 6.45) is -1.01. The van der Waals surface area contributed by atoms with E-state index < -0.39 is 29.1 Å². The van der Waals surface area contributed by atoms with E-state index in [-0.39, 0.29) is 27.4 Å². The molecule has 1 atom stereocenters. The minimum atomic E-state index is -1.05. The number of ether oxygens (including phenoxy) is 3. The van der Waals surface area contributed by atoms with E-state index in [0.717, 1.165) is 9.31 Å². The van der Waals surface area contributed by atoms with Crippen LogP contribution in [0, 0.1) is 0 Å². The third kappa shape index (κ3) is 4.52. The van der Waals surface area contributed by atoms with Gasteiger partial charge in [0.05, 0.1) is 42.6 Å². The van der Waals surface area contributed by atoms with E-state index in [1.807, 2.05) is 0 Å². The highest BCUT2D eigenvalue weighted by Crippen LogP contribution is 2.43. The molecular weight excluding hydrogens is 559 g/mol. The van der Waals surface area contributed by atoms with Gasteiger partial charge in [-0.2, -0.15) is 4.57 Å². The third-order valence-electron chi connectivity index (χ3n) is 6.29. The number of carbonyl (C=O) groups excluding carboxylic acids is 1. The average molecular weight is 583 g/mol. The van der Waals surface area contributed by atoms with Gasteiger partial charge < -0.3 is 23.6 Å². The van der Waals surface area contributed by atoms with Crippen molar-refractivity contribution in [1.82, 2.24) is 14.2 Å². The molecule has 0 amide bonds. The van der Waals surface area contributed by atoms with Crippen LogP contribution in [0.15, 0.2) is 50.5 Å². The zero-order valence-corrected chi connectivity index (χ0v) is 23.4. The number of carbonyl (C=O) groups is 1. The quantitative estimate of drug-likeness (QED) is 0.303. The molecule has 0 bridgehead atoms. The van der Waals surface area contributed by atoms with Gasteiger partial charge in [-0.25, -0.2) is 9.59 Å². The van der Waals surface area contributed by atoms with Crippen molar-refractivity contribution in [2.45, 2.75) is 25.6 Å². The second kappa shape index (κ2) is 10.4. The first kappa shape index (κ1) is 27.6. The van der Waals surface area contributed by atoms with Crippen molar-refractivity contribution in [3.8, 4) is 17.2 Å². The van der Waals surface area contributed by atoms with Gasteiger partial charge in [0, 0.05) is 5.69 Å². The molecule has 14 heteroatoms. The summed E-state index contributed by atoms with van der Waals surface area (Å²) in [5.41, 5.74) is -1.19. The number of hydrogen-bond donors (Lipinski definition) is 0. The number of benzene rings is 2. The van der Waals surface area contributed by atoms with E-state index in [4.69, 9.17) is 54.2 Å². The second-order valence-electron chi connectivity index (χ2n) is 8.78. The molecule has 0 spiro atoms. The summed E-state index contributed by atoms with van der Waals surface area (Å²) in [5.74, 6) is -0.699. The molecule has 202 valence electrons. The Labute approximate surface area is 232 Å². The summed E-state index contributed by atoms with van der Waals surface area (Å²) in [7, 11) is 4.19. The first-order chi connectivity index (χ1) is 18.0. The molecule has 1 aliphatic heterocycles. The lowest BCUT2D eigenvalue weighted by Gasteiger charge is -2.34. The summed E-state index contributed by atoms with van der Waals surface area (Å²) >= 11 is 18.4. The van der Waals surface area contributed by atoms with Crippen LogP contribution in [-0.2, 0) is 9.53 Å². The summed E-state index contributed by atoms with van der Waals surface area (Å²) in [6.45, 7) is 3.30. The Morgan fingerprint density at radius 2 is 1.55 bits per heavy atom. The number of thiocarbonyl (C=S) groups is 1. The van der Waals surface area contributed by atoms with Gasteiger partial charge in [-0.15, -0.1) is 4.74 Å². The van der Waals surface area contributed by atoms with Gasteiger partial charge in [0.2, 0.25) is 0 Å². The zero-order chi connectivity index (χ0) is 27.9. The Balaban J connectivity index is 1.92. The van der Waals surface area contributed by atoms with E-state index >= 15 is 0 Å². The predicted octanol–water partition coefficient (Wildman–Crippen LogP) is 3.47. The maximum absolute atomic E-state index is 13.7. The van der Waals surface area contributed by atoms with Crippen molar-refractivity contribution < 1.29 is 23.5 Å². The van der Waals surface area contributed by atoms with Gasteiger partial charge >= 0.3 is 17.4 Å². The minimum Gasteiger partial charge on any atom is -0.495 e. The molecule has 2 aromatic carbocycles. The first-order valence-corrected chi connectivity index (χ1v) is 12.3. The Hall–Kier alpha value is -3.48. The zero-order valence-electron chi connectivity index (χ0n) is 21.1. The summed E-state index contributed by atoms with van der Waals surface area (Å²) in [6, 6.07) is 9.36. The van der Waals surface area contributed by atoms with Crippen LogP contribution in [0.1, 0.15) is 20.0 Å². The first-order valence-electron chi connectivity index (χ1n) is 11.2. The number of rotatable bonds is 7. The van der Waals surface area contributed by atoms with E-state index in [1.54, 1.807) is 41.8 Å². The molecule has 0 saturated carbocycles. The smallest absolute Gasteiger partial charge is 0.447 e. The third-order valence-corrected chi connectivity index (χ3v) is 7.30. The van der Waals surface area contributed by atoms with Crippen LogP contribution < -0.4 is 25.8 Å². The van der Waals surface area contributed by atoms with Crippen LogP contribution >= 0.6 is 35.4 Å². The Bertz CT molecular complexity index is 1530. The lowest BCUT2D eigenvalue weighted by atomic mass is 10.0. The van der Waals surface area contributed by atoms with Crippen LogP contribution in [0.5, 0.6) is 11.5 Å². The normalized spacial score (nSPS) is 16.6. The molecule has 1 aliphatic rings. The number of hydrogen-bond acceptors (Lipinski definition) is 8. The Morgan fingerprint density at radius 1 is 1.00 bits per heavy atom. The average Bonchev–Trinajstić information content (AvgIpc) is 3.27. The molecule has 1 fully saturated rings. The van der Waals surface area contributed by atoms with E-state index in [9.17, 15) is 14.4 Å².